The minimum Gasteiger partial charge on any atom is -0.505 e. The number of phenols is 1. The lowest BCUT2D eigenvalue weighted by Crippen LogP contribution is -2.40. The molecule has 1 aliphatic carbocycles. The number of anilines is 3. The Morgan fingerprint density at radius 1 is 1.11 bits per heavy atom. The molecule has 1 aliphatic rings. The highest BCUT2D eigenvalue weighted by Crippen LogP contribution is 2.49. The maximum Gasteiger partial charge on any atom is 0.260 e. The number of benzene rings is 1. The molecule has 0 bridgehead atoms. The molecule has 0 unspecified atom stereocenters. The summed E-state index contributed by atoms with van der Waals surface area (Å²) < 4.78 is 14.3. The molecular formula is C25H28FN5O4. The molecule has 1 aromatic heterocycles. The molecule has 1 fully saturated rings. The maximum atomic E-state index is 14.3. The first-order chi connectivity index (χ1) is 16.5. The van der Waals surface area contributed by atoms with Crippen molar-refractivity contribution < 1.29 is 14.3 Å². The van der Waals surface area contributed by atoms with Gasteiger partial charge in [-0.3, -0.25) is 24.4 Å². The number of hydrogen-bond donors (Lipinski definition) is 3. The Bertz CT molecular complexity index is 1360. The number of halogens is 1. The minimum absolute atomic E-state index is 0.0578. The predicted octanol–water partition coefficient (Wildman–Crippen LogP) is 3.40. The Morgan fingerprint density at radius 3 is 2.37 bits per heavy atom. The van der Waals surface area contributed by atoms with Crippen molar-refractivity contribution >= 4 is 23.0 Å². The molecule has 35 heavy (non-hydrogen) atoms. The van der Waals surface area contributed by atoms with Crippen molar-refractivity contribution in [2.24, 2.45) is 5.41 Å². The number of nitrogens with zero attached hydrogens (tertiary/aromatic N) is 3. The summed E-state index contributed by atoms with van der Waals surface area (Å²) in [5.41, 5.74) is -0.883. The first-order valence-electron chi connectivity index (χ1n) is 11.4. The van der Waals surface area contributed by atoms with E-state index in [1.54, 1.807) is 12.4 Å². The van der Waals surface area contributed by atoms with Crippen molar-refractivity contribution in [3.63, 3.8) is 0 Å². The maximum absolute atomic E-state index is 14.3. The summed E-state index contributed by atoms with van der Waals surface area (Å²) >= 11 is 0. The molecule has 2 aromatic carbocycles. The molecule has 0 spiro atoms. The van der Waals surface area contributed by atoms with Gasteiger partial charge in [0.2, 0.25) is 0 Å². The number of hydrogen-bond acceptors (Lipinski definition) is 8. The van der Waals surface area contributed by atoms with E-state index in [-0.39, 0.29) is 28.5 Å². The normalized spacial score (nSPS) is 15.7. The quantitative estimate of drug-likeness (QED) is 0.346. The largest absolute Gasteiger partial charge is 0.505 e. The van der Waals surface area contributed by atoms with E-state index in [0.29, 0.717) is 11.4 Å². The fourth-order valence-corrected chi connectivity index (χ4v) is 4.77. The van der Waals surface area contributed by atoms with Gasteiger partial charge >= 0.3 is 0 Å². The molecule has 9 nitrogen and oxygen atoms in total. The highest BCUT2D eigenvalue weighted by Gasteiger charge is 2.41. The Kier molecular flexibility index (Phi) is 6.31. The Balaban J connectivity index is 1.72. The highest BCUT2D eigenvalue weighted by molar-refractivity contribution is 5.99. The van der Waals surface area contributed by atoms with Gasteiger partial charge in [-0.15, -0.1) is 0 Å². The van der Waals surface area contributed by atoms with E-state index in [1.165, 1.54) is 20.2 Å². The van der Waals surface area contributed by atoms with Gasteiger partial charge < -0.3 is 20.6 Å². The molecule has 0 radical (unpaired) electrons. The predicted molar refractivity (Wildman–Crippen MR) is 130 cm³/mol. The summed E-state index contributed by atoms with van der Waals surface area (Å²) in [5.74, 6) is -2.28. The zero-order valence-corrected chi connectivity index (χ0v) is 20.1. The molecular weight excluding hydrogens is 453 g/mol. The second-order valence-electron chi connectivity index (χ2n) is 9.52. The second kappa shape index (κ2) is 9.09. The smallest absolute Gasteiger partial charge is 0.260 e. The van der Waals surface area contributed by atoms with Crippen LogP contribution in [0.25, 0.3) is 0 Å². The number of aryl methyl sites for hydroxylation is 1. The molecule has 1 heterocycles. The summed E-state index contributed by atoms with van der Waals surface area (Å²) in [6, 6.07) is 1.85. The summed E-state index contributed by atoms with van der Waals surface area (Å²) in [6.45, 7) is 3.96. The number of phenolic OH excluding ortho intramolecular Hbond substituents is 1. The van der Waals surface area contributed by atoms with Crippen LogP contribution in [0.4, 0.5) is 21.5 Å². The second-order valence-corrected chi connectivity index (χ2v) is 9.52. The third-order valence-electron chi connectivity index (χ3n) is 6.84. The monoisotopic (exact) mass is 481 g/mol. The zero-order valence-electron chi connectivity index (χ0n) is 20.1. The van der Waals surface area contributed by atoms with Crippen molar-refractivity contribution in [2.45, 2.75) is 45.6 Å². The van der Waals surface area contributed by atoms with Gasteiger partial charge in [0.05, 0.1) is 23.1 Å². The van der Waals surface area contributed by atoms with Gasteiger partial charge in [0.15, 0.2) is 5.75 Å². The third-order valence-corrected chi connectivity index (χ3v) is 6.84. The van der Waals surface area contributed by atoms with Gasteiger partial charge in [0.25, 0.3) is 16.8 Å². The van der Waals surface area contributed by atoms with Crippen molar-refractivity contribution in [1.82, 2.24) is 14.9 Å². The van der Waals surface area contributed by atoms with Crippen LogP contribution in [0, 0.1) is 18.2 Å². The standard InChI is InChI=1S/C25H28FN5O4/c1-13-17(28-12-11-27-13)23(25(2)9-5-6-10-25)30-19-18(21(33)22(19)34)29-15-8-7-14(26)16(20(15)32)24(35)31(3)4/h7-8,11-12,23,29-30,32H,5-6,9-10H2,1-4H3/t23-/m0/s1. The van der Waals surface area contributed by atoms with Crippen LogP contribution in [0.1, 0.15) is 60.4 Å². The third kappa shape index (κ3) is 4.24. The van der Waals surface area contributed by atoms with Crippen LogP contribution in [-0.2, 0) is 0 Å². The van der Waals surface area contributed by atoms with Crippen molar-refractivity contribution in [3.05, 3.63) is 67.7 Å². The summed E-state index contributed by atoms with van der Waals surface area (Å²) in [7, 11) is 2.86. The summed E-state index contributed by atoms with van der Waals surface area (Å²) in [4.78, 5) is 47.4. The lowest BCUT2D eigenvalue weighted by atomic mass is 9.78. The van der Waals surface area contributed by atoms with Gasteiger partial charge in [-0.1, -0.05) is 19.8 Å². The van der Waals surface area contributed by atoms with Crippen LogP contribution in [0.2, 0.25) is 0 Å². The number of carbonyl (C=O) groups excluding carboxylic acids is 1. The van der Waals surface area contributed by atoms with Crippen LogP contribution in [-0.4, -0.2) is 40.0 Å². The molecule has 0 aliphatic heterocycles. The van der Waals surface area contributed by atoms with Crippen LogP contribution >= 0.6 is 0 Å². The van der Waals surface area contributed by atoms with Gasteiger partial charge in [0.1, 0.15) is 22.8 Å². The summed E-state index contributed by atoms with van der Waals surface area (Å²) in [6.07, 6.45) is 7.09. The first kappa shape index (κ1) is 24.3. The highest BCUT2D eigenvalue weighted by atomic mass is 19.1. The Hall–Kier alpha value is -3.82. The van der Waals surface area contributed by atoms with Crippen molar-refractivity contribution in [3.8, 4) is 5.75 Å². The van der Waals surface area contributed by atoms with E-state index < -0.39 is 33.9 Å². The number of aromatic hydroxyl groups is 1. The summed E-state index contributed by atoms with van der Waals surface area (Å²) in [5, 5.41) is 16.6. The molecule has 4 rings (SSSR count). The van der Waals surface area contributed by atoms with Gasteiger partial charge in [-0.2, -0.15) is 0 Å². The number of nitrogens with one attached hydrogen (secondary N) is 2. The van der Waals surface area contributed by atoms with Crippen molar-refractivity contribution in [2.75, 3.05) is 24.7 Å². The van der Waals surface area contributed by atoms with Gasteiger partial charge in [-0.05, 0) is 37.3 Å². The molecule has 1 atom stereocenters. The molecule has 3 aromatic rings. The fraction of sp³-hybridized carbons (Fsp3) is 0.400. The Labute approximate surface area is 201 Å². The topological polar surface area (TPSA) is 125 Å². The average molecular weight is 482 g/mol. The van der Waals surface area contributed by atoms with E-state index in [9.17, 15) is 23.9 Å². The molecule has 0 saturated heterocycles. The number of aromatic nitrogens is 2. The van der Waals surface area contributed by atoms with Gasteiger partial charge in [-0.25, -0.2) is 4.39 Å². The van der Waals surface area contributed by atoms with E-state index in [1.807, 2.05) is 6.92 Å². The zero-order chi connectivity index (χ0) is 25.5. The van der Waals surface area contributed by atoms with Crippen LogP contribution < -0.4 is 21.5 Å². The SMILES string of the molecule is Cc1nccnc1[C@H](Nc1c(Nc2ccc(F)c(C(=O)N(C)C)c2O)c(=O)c1=O)C1(C)CCCC1. The van der Waals surface area contributed by atoms with Crippen LogP contribution in [0.5, 0.6) is 5.75 Å². The van der Waals surface area contributed by atoms with E-state index in [4.69, 9.17) is 0 Å². The lowest BCUT2D eigenvalue weighted by Gasteiger charge is -2.36. The lowest BCUT2D eigenvalue weighted by molar-refractivity contribution is 0.0820. The fourth-order valence-electron chi connectivity index (χ4n) is 4.77. The molecule has 1 amide bonds. The molecule has 3 N–H and O–H groups in total. The minimum atomic E-state index is -0.901. The van der Waals surface area contributed by atoms with E-state index in [2.05, 4.69) is 27.5 Å². The van der Waals surface area contributed by atoms with Crippen LogP contribution in [0.15, 0.2) is 34.1 Å². The van der Waals surface area contributed by atoms with E-state index >= 15 is 0 Å². The number of rotatable bonds is 7. The average Bonchev–Trinajstić information content (AvgIpc) is 3.27. The van der Waals surface area contributed by atoms with Gasteiger partial charge in [0, 0.05) is 26.5 Å². The van der Waals surface area contributed by atoms with Crippen LogP contribution in [0.3, 0.4) is 0 Å². The van der Waals surface area contributed by atoms with Crippen molar-refractivity contribution in [1.29, 1.82) is 0 Å². The Morgan fingerprint density at radius 2 is 1.74 bits per heavy atom. The van der Waals surface area contributed by atoms with E-state index in [0.717, 1.165) is 36.6 Å². The number of amides is 1. The number of carbonyl (C=O) groups is 1. The molecule has 10 heteroatoms. The molecule has 1 saturated carbocycles. The molecule has 184 valence electrons. The first-order valence-corrected chi connectivity index (χ1v) is 11.4.